The molecule has 0 aliphatic heterocycles. The molecule has 7 nitrogen and oxygen atoms in total. The zero-order chi connectivity index (χ0) is 10.1. The standard InChI is InChI=1S/C4H4O4.BH3O3.BrH/c5-3(6)1-2-4(7)8;2-1(3)4;/h1-2H,(H,5,6)(H,7,8);2-4H;1H/b2-1-;;. The molecule has 13 heavy (non-hydrogen) atoms. The Balaban J connectivity index is -0.000000173. The van der Waals surface area contributed by atoms with Crippen LogP contribution >= 0.6 is 17.0 Å². The van der Waals surface area contributed by atoms with E-state index in [1.165, 1.54) is 0 Å². The van der Waals surface area contributed by atoms with Gasteiger partial charge in [0.15, 0.2) is 0 Å². The van der Waals surface area contributed by atoms with E-state index >= 15 is 0 Å². The molecule has 0 rings (SSSR count). The van der Waals surface area contributed by atoms with Crippen molar-refractivity contribution in [1.82, 2.24) is 0 Å². The molecule has 0 aromatic heterocycles. The Kier molecular flexibility index (Phi) is 15.4. The fourth-order valence-corrected chi connectivity index (χ4v) is 0.143. The van der Waals surface area contributed by atoms with E-state index in [9.17, 15) is 9.59 Å². The topological polar surface area (TPSA) is 135 Å². The SMILES string of the molecule is Br.O=C(O)/C=C\C(=O)O.OB(O)O. The van der Waals surface area contributed by atoms with Crippen LogP contribution in [0.2, 0.25) is 0 Å². The summed E-state index contributed by atoms with van der Waals surface area (Å²) in [5, 5.41) is 37.1. The van der Waals surface area contributed by atoms with Gasteiger partial charge in [-0.2, -0.15) is 0 Å². The zero-order valence-corrected chi connectivity index (χ0v) is 7.91. The lowest BCUT2D eigenvalue weighted by Crippen LogP contribution is -2.07. The van der Waals surface area contributed by atoms with E-state index in [1.807, 2.05) is 0 Å². The molecule has 0 bridgehead atoms. The van der Waals surface area contributed by atoms with E-state index in [4.69, 9.17) is 25.3 Å². The first-order chi connectivity index (χ1) is 5.36. The first-order valence-corrected chi connectivity index (χ1v) is 2.54. The van der Waals surface area contributed by atoms with Gasteiger partial charge in [-0.3, -0.25) is 0 Å². The van der Waals surface area contributed by atoms with E-state index in [2.05, 4.69) is 0 Å². The summed E-state index contributed by atoms with van der Waals surface area (Å²) in [6, 6.07) is 0. The predicted molar refractivity (Wildman–Crippen MR) is 47.1 cm³/mol. The normalized spacial score (nSPS) is 7.92. The minimum Gasteiger partial charge on any atom is -0.478 e. The van der Waals surface area contributed by atoms with Gasteiger partial charge < -0.3 is 25.3 Å². The average Bonchev–Trinajstić information content (AvgIpc) is 1.82. The van der Waals surface area contributed by atoms with Crippen molar-refractivity contribution in [3.63, 3.8) is 0 Å². The Bertz CT molecular complexity index is 161. The van der Waals surface area contributed by atoms with Crippen molar-refractivity contribution in [2.24, 2.45) is 0 Å². The monoisotopic (exact) mass is 258 g/mol. The number of aliphatic carboxylic acids is 2. The Morgan fingerprint density at radius 1 is 0.923 bits per heavy atom. The van der Waals surface area contributed by atoms with Gasteiger partial charge in [0.1, 0.15) is 0 Å². The first-order valence-electron chi connectivity index (χ1n) is 2.54. The maximum atomic E-state index is 9.55. The van der Waals surface area contributed by atoms with Crippen molar-refractivity contribution in [2.45, 2.75) is 0 Å². The van der Waals surface area contributed by atoms with Gasteiger partial charge in [-0.1, -0.05) is 0 Å². The summed E-state index contributed by atoms with van der Waals surface area (Å²) in [6.45, 7) is 0. The molecule has 0 saturated carbocycles. The summed E-state index contributed by atoms with van der Waals surface area (Å²) in [5.74, 6) is -2.51. The highest BCUT2D eigenvalue weighted by atomic mass is 79.9. The highest BCUT2D eigenvalue weighted by molar-refractivity contribution is 8.93. The molecule has 0 spiro atoms. The van der Waals surface area contributed by atoms with E-state index in [0.29, 0.717) is 12.2 Å². The molecular formula is C4H8BBrO7. The Morgan fingerprint density at radius 3 is 1.15 bits per heavy atom. The summed E-state index contributed by atoms with van der Waals surface area (Å²) in [5.41, 5.74) is 0. The summed E-state index contributed by atoms with van der Waals surface area (Å²) in [7, 11) is -2.17. The maximum Gasteiger partial charge on any atom is 0.631 e. The van der Waals surface area contributed by atoms with Crippen molar-refractivity contribution in [1.29, 1.82) is 0 Å². The Morgan fingerprint density at radius 2 is 1.08 bits per heavy atom. The summed E-state index contributed by atoms with van der Waals surface area (Å²) >= 11 is 0. The fraction of sp³-hybridized carbons (Fsp3) is 0. The molecule has 0 heterocycles. The van der Waals surface area contributed by atoms with Crippen LogP contribution in [0, 0.1) is 0 Å². The minimum atomic E-state index is -2.17. The molecule has 0 atom stereocenters. The average molecular weight is 259 g/mol. The third-order valence-electron chi connectivity index (χ3n) is 0.368. The van der Waals surface area contributed by atoms with Gasteiger partial charge in [-0.15, -0.1) is 17.0 Å². The van der Waals surface area contributed by atoms with Gasteiger partial charge >= 0.3 is 19.3 Å². The summed E-state index contributed by atoms with van der Waals surface area (Å²) < 4.78 is 0. The molecule has 5 N–H and O–H groups in total. The Labute approximate surface area is 83.9 Å². The van der Waals surface area contributed by atoms with Crippen LogP contribution in [-0.4, -0.2) is 44.5 Å². The minimum absolute atomic E-state index is 0. The number of hydrogen-bond acceptors (Lipinski definition) is 5. The van der Waals surface area contributed by atoms with Crippen LogP contribution in [0.3, 0.4) is 0 Å². The third kappa shape index (κ3) is 54.6. The molecule has 0 saturated heterocycles. The highest BCUT2D eigenvalue weighted by Gasteiger charge is 1.92. The molecule has 0 aromatic carbocycles. The van der Waals surface area contributed by atoms with Crippen molar-refractivity contribution < 1.29 is 34.9 Å². The van der Waals surface area contributed by atoms with Gasteiger partial charge in [0.05, 0.1) is 0 Å². The molecular weight excluding hydrogens is 251 g/mol. The van der Waals surface area contributed by atoms with Crippen LogP contribution < -0.4 is 0 Å². The number of hydrogen-bond donors (Lipinski definition) is 5. The highest BCUT2D eigenvalue weighted by Crippen LogP contribution is 1.70. The molecule has 0 radical (unpaired) electrons. The van der Waals surface area contributed by atoms with Crippen LogP contribution in [0.4, 0.5) is 0 Å². The van der Waals surface area contributed by atoms with Crippen LogP contribution in [0.25, 0.3) is 0 Å². The van der Waals surface area contributed by atoms with Gasteiger partial charge in [-0.25, -0.2) is 9.59 Å². The maximum absolute atomic E-state index is 9.55. The van der Waals surface area contributed by atoms with Crippen molar-refractivity contribution in [2.75, 3.05) is 0 Å². The quantitative estimate of drug-likeness (QED) is 0.292. The number of halogens is 1. The predicted octanol–water partition coefficient (Wildman–Crippen LogP) is -1.76. The zero-order valence-electron chi connectivity index (χ0n) is 6.19. The fourth-order valence-electron chi connectivity index (χ4n) is 0.143. The summed E-state index contributed by atoms with van der Waals surface area (Å²) in [6.07, 6.45) is 1.12. The molecule has 76 valence electrons. The van der Waals surface area contributed by atoms with E-state index in [1.54, 1.807) is 0 Å². The van der Waals surface area contributed by atoms with E-state index in [0.717, 1.165) is 0 Å². The largest absolute Gasteiger partial charge is 0.631 e. The van der Waals surface area contributed by atoms with Crippen LogP contribution in [0.15, 0.2) is 12.2 Å². The molecule has 0 fully saturated rings. The number of carboxylic acids is 2. The molecule has 9 heteroatoms. The number of carboxylic acid groups (broad SMARTS) is 2. The second-order valence-electron chi connectivity index (χ2n) is 1.36. The van der Waals surface area contributed by atoms with E-state index in [-0.39, 0.29) is 17.0 Å². The lowest BCUT2D eigenvalue weighted by atomic mass is 10.3. The second-order valence-corrected chi connectivity index (χ2v) is 1.36. The van der Waals surface area contributed by atoms with Gasteiger partial charge in [0, 0.05) is 12.2 Å². The van der Waals surface area contributed by atoms with Crippen LogP contribution in [0.1, 0.15) is 0 Å². The van der Waals surface area contributed by atoms with Crippen molar-refractivity contribution in [3.8, 4) is 0 Å². The molecule has 0 aliphatic carbocycles. The third-order valence-corrected chi connectivity index (χ3v) is 0.368. The van der Waals surface area contributed by atoms with Crippen molar-refractivity contribution in [3.05, 3.63) is 12.2 Å². The smallest absolute Gasteiger partial charge is 0.478 e. The summed E-state index contributed by atoms with van der Waals surface area (Å²) in [4.78, 5) is 19.1. The molecule has 0 aromatic rings. The van der Waals surface area contributed by atoms with Gasteiger partial charge in [-0.05, 0) is 0 Å². The van der Waals surface area contributed by atoms with Gasteiger partial charge in [0.25, 0.3) is 0 Å². The lowest BCUT2D eigenvalue weighted by molar-refractivity contribution is -0.134. The Hall–Kier alpha value is -0.895. The first kappa shape index (κ1) is 18.0. The van der Waals surface area contributed by atoms with Gasteiger partial charge in [0.2, 0.25) is 0 Å². The lowest BCUT2D eigenvalue weighted by Gasteiger charge is -1.74. The molecule has 0 amide bonds. The van der Waals surface area contributed by atoms with Crippen molar-refractivity contribution >= 4 is 36.2 Å². The number of carbonyl (C=O) groups is 2. The number of rotatable bonds is 2. The van der Waals surface area contributed by atoms with Crippen LogP contribution in [-0.2, 0) is 9.59 Å². The second kappa shape index (κ2) is 11.1. The molecule has 0 unspecified atom stereocenters. The molecule has 0 aliphatic rings. The van der Waals surface area contributed by atoms with E-state index < -0.39 is 19.3 Å². The van der Waals surface area contributed by atoms with Crippen LogP contribution in [0.5, 0.6) is 0 Å².